The van der Waals surface area contributed by atoms with Crippen molar-refractivity contribution in [3.8, 4) is 17.2 Å². The largest absolute Gasteiger partial charge is 0.408 e. The number of nitrogens with zero attached hydrogens (tertiary/aromatic N) is 2. The summed E-state index contributed by atoms with van der Waals surface area (Å²) in [6.07, 6.45) is -2.89. The van der Waals surface area contributed by atoms with E-state index in [-0.39, 0.29) is 27.5 Å². The van der Waals surface area contributed by atoms with E-state index in [0.717, 1.165) is 0 Å². The van der Waals surface area contributed by atoms with Crippen molar-refractivity contribution < 1.29 is 26.0 Å². The summed E-state index contributed by atoms with van der Waals surface area (Å²) in [4.78, 5) is 0. The molecule has 1 fully saturated rings. The molecule has 186 valence electrons. The topological polar surface area (TPSA) is 74.9 Å². The lowest BCUT2D eigenvalue weighted by atomic mass is 9.96. The molecular weight excluding hydrogens is 482 g/mol. The second kappa shape index (κ2) is 8.64. The molecule has 3 aromatic rings. The van der Waals surface area contributed by atoms with Crippen molar-refractivity contribution in [2.45, 2.75) is 57.6 Å². The van der Waals surface area contributed by atoms with Crippen molar-refractivity contribution in [1.29, 1.82) is 5.26 Å². The van der Waals surface area contributed by atoms with Gasteiger partial charge in [0.05, 0.1) is 16.9 Å². The minimum atomic E-state index is -4.87. The zero-order valence-corrected chi connectivity index (χ0v) is 20.3. The van der Waals surface area contributed by atoms with Gasteiger partial charge in [-0.1, -0.05) is 39.0 Å². The van der Waals surface area contributed by atoms with E-state index < -0.39 is 33.3 Å². The predicted octanol–water partition coefficient (Wildman–Crippen LogP) is 6.05. The monoisotopic (exact) mass is 507 g/mol. The highest BCUT2D eigenvalue weighted by Gasteiger charge is 2.47. The predicted molar refractivity (Wildman–Crippen MR) is 125 cm³/mol. The van der Waals surface area contributed by atoms with Gasteiger partial charge in [0, 0.05) is 34.8 Å². The highest BCUT2D eigenvalue weighted by Crippen LogP contribution is 2.41. The lowest BCUT2D eigenvalue weighted by Crippen LogP contribution is -2.39. The molecular formula is C25H25F4N3O2S. The molecule has 0 aliphatic heterocycles. The Balaban J connectivity index is 1.93. The molecule has 35 heavy (non-hydrogen) atoms. The molecule has 10 heteroatoms. The zero-order valence-electron chi connectivity index (χ0n) is 19.4. The molecule has 2 aromatic carbocycles. The number of benzene rings is 2. The van der Waals surface area contributed by atoms with Crippen LogP contribution >= 0.6 is 0 Å². The van der Waals surface area contributed by atoms with Gasteiger partial charge in [-0.15, -0.1) is 0 Å². The molecule has 1 N–H and O–H groups in total. The summed E-state index contributed by atoms with van der Waals surface area (Å²) < 4.78 is 85.6. The Morgan fingerprint density at radius 2 is 1.86 bits per heavy atom. The van der Waals surface area contributed by atoms with E-state index >= 15 is 0 Å². The summed E-state index contributed by atoms with van der Waals surface area (Å²) in [5, 5.41) is 8.83. The van der Waals surface area contributed by atoms with Crippen LogP contribution in [0.3, 0.4) is 0 Å². The quantitative estimate of drug-likeness (QED) is 0.413. The van der Waals surface area contributed by atoms with Crippen LogP contribution in [0.15, 0.2) is 42.6 Å². The number of aromatic nitrogens is 1. The fraction of sp³-hybridized carbons (Fsp3) is 0.400. The van der Waals surface area contributed by atoms with Crippen molar-refractivity contribution in [1.82, 2.24) is 9.29 Å². The molecule has 0 amide bonds. The summed E-state index contributed by atoms with van der Waals surface area (Å²) in [7, 11) is -4.14. The van der Waals surface area contributed by atoms with Crippen LogP contribution in [-0.4, -0.2) is 24.4 Å². The summed E-state index contributed by atoms with van der Waals surface area (Å²) >= 11 is 0. The first-order chi connectivity index (χ1) is 16.2. The maximum atomic E-state index is 14.7. The minimum absolute atomic E-state index is 0.0590. The standard InChI is InChI=1S/C25H25F4N3O2S/c1-24(2,3)14-32-13-19(23(25(27,28)29)31-35(33,34)17-8-9-17)18-10-7-15(11-21(18)32)22-16(12-30)5-4-6-20(22)26/h4-7,10-11,13,17,23,31H,8-9,14H2,1-3H3/t23-/m0/s1. The fourth-order valence-electron chi connectivity index (χ4n) is 4.20. The van der Waals surface area contributed by atoms with E-state index in [4.69, 9.17) is 0 Å². The average Bonchev–Trinajstić information content (AvgIpc) is 3.55. The molecule has 5 nitrogen and oxygen atoms in total. The third-order valence-electron chi connectivity index (χ3n) is 5.86. The number of fused-ring (bicyclic) bond motifs is 1. The first-order valence-corrected chi connectivity index (χ1v) is 12.7. The molecule has 1 aliphatic carbocycles. The normalized spacial score (nSPS) is 15.8. The Morgan fingerprint density at radius 3 is 2.43 bits per heavy atom. The van der Waals surface area contributed by atoms with Crippen LogP contribution < -0.4 is 4.72 Å². The molecule has 0 radical (unpaired) electrons. The molecule has 1 heterocycles. The summed E-state index contributed by atoms with van der Waals surface area (Å²) in [5.41, 5.74) is 0.346. The molecule has 4 rings (SSSR count). The highest BCUT2D eigenvalue weighted by atomic mass is 32.2. The lowest BCUT2D eigenvalue weighted by Gasteiger charge is -2.22. The van der Waals surface area contributed by atoms with Crippen LogP contribution in [0.1, 0.15) is 50.8 Å². The molecule has 0 saturated heterocycles. The number of sulfonamides is 1. The van der Waals surface area contributed by atoms with E-state index in [1.807, 2.05) is 31.6 Å². The maximum absolute atomic E-state index is 14.7. The second-order valence-corrected chi connectivity index (χ2v) is 12.1. The van der Waals surface area contributed by atoms with Gasteiger partial charge in [0.15, 0.2) is 0 Å². The van der Waals surface area contributed by atoms with Crippen molar-refractivity contribution in [2.75, 3.05) is 0 Å². The molecule has 0 bridgehead atoms. The van der Waals surface area contributed by atoms with Gasteiger partial charge in [-0.2, -0.15) is 23.2 Å². The van der Waals surface area contributed by atoms with Gasteiger partial charge in [-0.3, -0.25) is 0 Å². The Bertz CT molecular complexity index is 1430. The van der Waals surface area contributed by atoms with Gasteiger partial charge in [0.1, 0.15) is 11.9 Å². The fourth-order valence-corrected chi connectivity index (χ4v) is 5.74. The van der Waals surface area contributed by atoms with Gasteiger partial charge in [0.25, 0.3) is 0 Å². The zero-order chi connectivity index (χ0) is 25.8. The molecule has 0 spiro atoms. The van der Waals surface area contributed by atoms with E-state index in [2.05, 4.69) is 0 Å². The van der Waals surface area contributed by atoms with Crippen molar-refractivity contribution in [3.05, 3.63) is 59.5 Å². The van der Waals surface area contributed by atoms with E-state index in [1.165, 1.54) is 36.5 Å². The Kier molecular flexibility index (Phi) is 6.22. The first kappa shape index (κ1) is 25.2. The molecule has 1 aliphatic rings. The van der Waals surface area contributed by atoms with Gasteiger partial charge >= 0.3 is 6.18 Å². The molecule has 0 unspecified atom stereocenters. The number of rotatable bonds is 6. The summed E-state index contributed by atoms with van der Waals surface area (Å²) in [6.45, 7) is 6.09. The van der Waals surface area contributed by atoms with Gasteiger partial charge in [-0.25, -0.2) is 12.8 Å². The van der Waals surface area contributed by atoms with Crippen LogP contribution in [-0.2, 0) is 16.6 Å². The number of alkyl halides is 3. The Hall–Kier alpha value is -2.90. The molecule has 1 aromatic heterocycles. The second-order valence-electron chi connectivity index (χ2n) is 10.1. The minimum Gasteiger partial charge on any atom is -0.347 e. The number of hydrogen-bond acceptors (Lipinski definition) is 3. The van der Waals surface area contributed by atoms with E-state index in [0.29, 0.717) is 30.5 Å². The van der Waals surface area contributed by atoms with Crippen LogP contribution in [0.5, 0.6) is 0 Å². The first-order valence-electron chi connectivity index (χ1n) is 11.1. The van der Waals surface area contributed by atoms with E-state index in [9.17, 15) is 31.2 Å². The smallest absolute Gasteiger partial charge is 0.347 e. The number of nitrogens with one attached hydrogen (secondary N) is 1. The Morgan fingerprint density at radius 1 is 1.17 bits per heavy atom. The number of hydrogen-bond donors (Lipinski definition) is 1. The van der Waals surface area contributed by atoms with Crippen molar-refractivity contribution in [3.63, 3.8) is 0 Å². The summed E-state index contributed by atoms with van der Waals surface area (Å²) in [6, 6.07) is 8.05. The average molecular weight is 508 g/mol. The number of nitriles is 1. The van der Waals surface area contributed by atoms with Crippen molar-refractivity contribution >= 4 is 20.9 Å². The third kappa shape index (κ3) is 5.21. The van der Waals surface area contributed by atoms with Crippen LogP contribution in [0.4, 0.5) is 17.6 Å². The SMILES string of the molecule is CC(C)(C)Cn1cc([C@H](NS(=O)(=O)C2CC2)C(F)(F)F)c2ccc(-c3c(F)cccc3C#N)cc21. The Labute approximate surface area is 201 Å². The van der Waals surface area contributed by atoms with Gasteiger partial charge in [0.2, 0.25) is 10.0 Å². The molecule has 1 saturated carbocycles. The van der Waals surface area contributed by atoms with Crippen LogP contribution in [0.2, 0.25) is 0 Å². The van der Waals surface area contributed by atoms with Crippen LogP contribution in [0, 0.1) is 22.6 Å². The van der Waals surface area contributed by atoms with Gasteiger partial charge < -0.3 is 4.57 Å². The third-order valence-corrected chi connectivity index (χ3v) is 7.78. The highest BCUT2D eigenvalue weighted by molar-refractivity contribution is 7.90. The van der Waals surface area contributed by atoms with Gasteiger partial charge in [-0.05, 0) is 42.0 Å². The maximum Gasteiger partial charge on any atom is 0.408 e. The van der Waals surface area contributed by atoms with Crippen molar-refractivity contribution in [2.24, 2.45) is 5.41 Å². The van der Waals surface area contributed by atoms with Crippen LogP contribution in [0.25, 0.3) is 22.0 Å². The molecule has 1 atom stereocenters. The number of halogens is 4. The van der Waals surface area contributed by atoms with E-state index in [1.54, 1.807) is 10.6 Å². The lowest BCUT2D eigenvalue weighted by molar-refractivity contribution is -0.152. The summed E-state index contributed by atoms with van der Waals surface area (Å²) in [5.74, 6) is -0.622.